The van der Waals surface area contributed by atoms with Crippen LogP contribution in [0.2, 0.25) is 0 Å². The van der Waals surface area contributed by atoms with E-state index in [4.69, 9.17) is 4.74 Å². The van der Waals surface area contributed by atoms with Crippen molar-refractivity contribution in [2.45, 2.75) is 40.2 Å². The Morgan fingerprint density at radius 3 is 2.60 bits per heavy atom. The number of thiazole rings is 1. The zero-order chi connectivity index (χ0) is 21.9. The first-order valence-corrected chi connectivity index (χ1v) is 9.80. The largest absolute Gasteiger partial charge is 0.484 e. The molecule has 0 spiro atoms. The second-order valence-corrected chi connectivity index (χ2v) is 7.57. The van der Waals surface area contributed by atoms with E-state index < -0.39 is 11.7 Å². The van der Waals surface area contributed by atoms with Crippen LogP contribution in [0.4, 0.5) is 26.1 Å². The van der Waals surface area contributed by atoms with Crippen LogP contribution in [0.3, 0.4) is 0 Å². The number of nitrogens with zero attached hydrogens (tertiary/aromatic N) is 4. The van der Waals surface area contributed by atoms with Crippen molar-refractivity contribution in [1.82, 2.24) is 19.9 Å². The minimum Gasteiger partial charge on any atom is -0.484 e. The van der Waals surface area contributed by atoms with Crippen molar-refractivity contribution in [1.29, 1.82) is 0 Å². The third-order valence-corrected chi connectivity index (χ3v) is 4.79. The fraction of sp³-hybridized carbons (Fsp3) is 0.316. The van der Waals surface area contributed by atoms with Crippen molar-refractivity contribution in [2.75, 3.05) is 10.6 Å². The molecule has 0 saturated carbocycles. The van der Waals surface area contributed by atoms with E-state index in [-0.39, 0.29) is 24.1 Å². The van der Waals surface area contributed by atoms with Gasteiger partial charge in [-0.25, -0.2) is 19.9 Å². The molecular weight excluding hydrogens is 414 g/mol. The first kappa shape index (κ1) is 21.5. The molecule has 0 unspecified atom stereocenters. The molecular formula is C19H20F2N6O2S. The maximum atomic E-state index is 13.7. The molecule has 0 aromatic carbocycles. The number of hydrogen-bond acceptors (Lipinski definition) is 8. The number of amides is 1. The maximum absolute atomic E-state index is 13.7. The van der Waals surface area contributed by atoms with Gasteiger partial charge in [-0.1, -0.05) is 0 Å². The average molecular weight is 434 g/mol. The standard InChI is InChI=1S/C19H20F2N6O2S/c1-10-5-17(27-18(24-10)19(4,20)21)26-13-6-16(25-12(3)28)22-7-14(13)29-8-15-11(2)23-9-30-15/h5-7,9H,8H2,1-4H3,(H2,22,24,25,26,27,28). The van der Waals surface area contributed by atoms with E-state index in [0.717, 1.165) is 17.5 Å². The molecule has 0 saturated heterocycles. The van der Waals surface area contributed by atoms with Crippen LogP contribution in [-0.2, 0) is 17.3 Å². The van der Waals surface area contributed by atoms with E-state index in [1.165, 1.54) is 36.6 Å². The van der Waals surface area contributed by atoms with Gasteiger partial charge < -0.3 is 15.4 Å². The summed E-state index contributed by atoms with van der Waals surface area (Å²) in [5.74, 6) is -3.28. The lowest BCUT2D eigenvalue weighted by atomic mass is 10.3. The molecule has 0 fully saturated rings. The lowest BCUT2D eigenvalue weighted by molar-refractivity contribution is -0.114. The minimum atomic E-state index is -3.19. The number of hydrogen-bond donors (Lipinski definition) is 2. The van der Waals surface area contributed by atoms with E-state index in [2.05, 4.69) is 30.6 Å². The Balaban J connectivity index is 1.93. The van der Waals surface area contributed by atoms with E-state index >= 15 is 0 Å². The van der Waals surface area contributed by atoms with Crippen LogP contribution in [0.5, 0.6) is 5.75 Å². The lowest BCUT2D eigenvalue weighted by Gasteiger charge is -2.16. The number of halogens is 2. The SMILES string of the molecule is CC(=O)Nc1cc(Nc2cc(C)nc(C(C)(F)F)n2)c(OCc2scnc2C)cn1. The number of carbonyl (C=O) groups excluding carboxylic acids is 1. The van der Waals surface area contributed by atoms with Gasteiger partial charge in [-0.05, 0) is 13.8 Å². The molecule has 0 aliphatic rings. The molecule has 30 heavy (non-hydrogen) atoms. The minimum absolute atomic E-state index is 0.165. The third kappa shape index (κ3) is 5.44. The third-order valence-electron chi connectivity index (χ3n) is 3.88. The number of ether oxygens (including phenoxy) is 1. The number of alkyl halides is 2. The van der Waals surface area contributed by atoms with Crippen LogP contribution in [0.1, 0.15) is 35.9 Å². The first-order chi connectivity index (χ1) is 14.1. The highest BCUT2D eigenvalue weighted by Crippen LogP contribution is 2.31. The summed E-state index contributed by atoms with van der Waals surface area (Å²) in [5, 5.41) is 5.55. The van der Waals surface area contributed by atoms with Gasteiger partial charge in [-0.15, -0.1) is 11.3 Å². The van der Waals surface area contributed by atoms with Crippen LogP contribution >= 0.6 is 11.3 Å². The first-order valence-electron chi connectivity index (χ1n) is 8.92. The Kier molecular flexibility index (Phi) is 6.20. The van der Waals surface area contributed by atoms with Crippen LogP contribution in [-0.4, -0.2) is 25.8 Å². The average Bonchev–Trinajstić information content (AvgIpc) is 3.04. The molecule has 0 radical (unpaired) electrons. The highest BCUT2D eigenvalue weighted by atomic mass is 32.1. The Bertz CT molecular complexity index is 1070. The zero-order valence-corrected chi connectivity index (χ0v) is 17.6. The lowest BCUT2D eigenvalue weighted by Crippen LogP contribution is -2.14. The number of carbonyl (C=O) groups is 1. The van der Waals surface area contributed by atoms with Gasteiger partial charge in [0.25, 0.3) is 0 Å². The van der Waals surface area contributed by atoms with Crippen LogP contribution < -0.4 is 15.4 Å². The van der Waals surface area contributed by atoms with Gasteiger partial charge in [0.2, 0.25) is 11.7 Å². The molecule has 1 amide bonds. The molecule has 0 aliphatic carbocycles. The summed E-state index contributed by atoms with van der Waals surface area (Å²) in [6.45, 7) is 5.82. The number of aromatic nitrogens is 4. The normalized spacial score (nSPS) is 11.3. The predicted molar refractivity (Wildman–Crippen MR) is 109 cm³/mol. The molecule has 3 aromatic rings. The summed E-state index contributed by atoms with van der Waals surface area (Å²) in [4.78, 5) is 28.4. The second-order valence-electron chi connectivity index (χ2n) is 6.63. The number of aryl methyl sites for hydroxylation is 2. The van der Waals surface area contributed by atoms with Crippen molar-refractivity contribution in [3.8, 4) is 5.75 Å². The monoisotopic (exact) mass is 434 g/mol. The van der Waals surface area contributed by atoms with E-state index in [1.807, 2.05) is 6.92 Å². The highest BCUT2D eigenvalue weighted by Gasteiger charge is 2.29. The number of rotatable bonds is 7. The summed E-state index contributed by atoms with van der Waals surface area (Å²) in [5.41, 5.74) is 3.36. The quantitative estimate of drug-likeness (QED) is 0.570. The van der Waals surface area contributed by atoms with Crippen molar-refractivity contribution in [2.24, 2.45) is 0 Å². The van der Waals surface area contributed by atoms with Gasteiger partial charge >= 0.3 is 5.92 Å². The molecule has 8 nitrogen and oxygen atoms in total. The molecule has 3 aromatic heterocycles. The molecule has 2 N–H and O–H groups in total. The van der Waals surface area contributed by atoms with Crippen molar-refractivity contribution >= 4 is 34.6 Å². The van der Waals surface area contributed by atoms with E-state index in [0.29, 0.717) is 17.1 Å². The summed E-state index contributed by atoms with van der Waals surface area (Å²) in [6, 6.07) is 3.07. The molecule has 3 rings (SSSR count). The molecule has 0 atom stereocenters. The molecule has 11 heteroatoms. The van der Waals surface area contributed by atoms with E-state index in [1.54, 1.807) is 12.4 Å². The Morgan fingerprint density at radius 2 is 1.97 bits per heavy atom. The number of pyridine rings is 1. The fourth-order valence-corrected chi connectivity index (χ4v) is 3.17. The van der Waals surface area contributed by atoms with Gasteiger partial charge in [0.1, 0.15) is 18.2 Å². The van der Waals surface area contributed by atoms with Gasteiger partial charge in [-0.2, -0.15) is 8.78 Å². The van der Waals surface area contributed by atoms with Crippen molar-refractivity contribution in [3.63, 3.8) is 0 Å². The topological polar surface area (TPSA) is 102 Å². The molecule has 0 bridgehead atoms. The predicted octanol–water partition coefficient (Wildman–Crippen LogP) is 4.34. The maximum Gasteiger partial charge on any atom is 0.303 e. The van der Waals surface area contributed by atoms with Crippen LogP contribution in [0.15, 0.2) is 23.8 Å². The zero-order valence-electron chi connectivity index (χ0n) is 16.8. The van der Waals surface area contributed by atoms with Gasteiger partial charge in [0.15, 0.2) is 5.75 Å². The van der Waals surface area contributed by atoms with Crippen molar-refractivity contribution in [3.05, 3.63) is 45.9 Å². The molecule has 3 heterocycles. The van der Waals surface area contributed by atoms with Crippen molar-refractivity contribution < 1.29 is 18.3 Å². The van der Waals surface area contributed by atoms with Crippen LogP contribution in [0.25, 0.3) is 0 Å². The molecule has 0 aliphatic heterocycles. The smallest absolute Gasteiger partial charge is 0.303 e. The second kappa shape index (κ2) is 8.66. The van der Waals surface area contributed by atoms with Gasteiger partial charge in [0.05, 0.1) is 28.0 Å². The molecule has 158 valence electrons. The van der Waals surface area contributed by atoms with Gasteiger partial charge in [0, 0.05) is 31.7 Å². The fourth-order valence-electron chi connectivity index (χ4n) is 2.48. The van der Waals surface area contributed by atoms with Gasteiger partial charge in [-0.3, -0.25) is 4.79 Å². The summed E-state index contributed by atoms with van der Waals surface area (Å²) >= 11 is 1.46. The summed E-state index contributed by atoms with van der Waals surface area (Å²) in [7, 11) is 0. The Labute approximate surface area is 175 Å². The summed E-state index contributed by atoms with van der Waals surface area (Å²) < 4.78 is 33.3. The van der Waals surface area contributed by atoms with Crippen LogP contribution in [0, 0.1) is 13.8 Å². The van der Waals surface area contributed by atoms with E-state index in [9.17, 15) is 13.6 Å². The Morgan fingerprint density at radius 1 is 1.20 bits per heavy atom. The number of nitrogens with one attached hydrogen (secondary N) is 2. The number of anilines is 3. The highest BCUT2D eigenvalue weighted by molar-refractivity contribution is 7.09. The summed E-state index contributed by atoms with van der Waals surface area (Å²) in [6.07, 6.45) is 1.44. The Hall–Kier alpha value is -3.21.